The molecular weight excluding hydrogens is 468 g/mol. The number of nitrogens with one attached hydrogen (secondary N) is 1. The van der Waals surface area contributed by atoms with Crippen LogP contribution in [0.1, 0.15) is 103 Å². The van der Waals surface area contributed by atoms with Gasteiger partial charge < -0.3 is 5.32 Å². The molecule has 4 aliphatic carbocycles. The van der Waals surface area contributed by atoms with Crippen molar-refractivity contribution in [2.24, 2.45) is 46.3 Å². The summed E-state index contributed by atoms with van der Waals surface area (Å²) in [6, 6.07) is 10.5. The summed E-state index contributed by atoms with van der Waals surface area (Å²) in [6.07, 6.45) is 16.5. The van der Waals surface area contributed by atoms with Gasteiger partial charge in [-0.25, -0.2) is 4.98 Å². The van der Waals surface area contributed by atoms with Crippen LogP contribution in [0.5, 0.6) is 0 Å². The van der Waals surface area contributed by atoms with Crippen molar-refractivity contribution >= 4 is 27.7 Å². The largest absolute Gasteiger partial charge is 0.332 e. The number of aryl methyl sites for hydroxylation is 1. The van der Waals surface area contributed by atoms with Crippen molar-refractivity contribution in [2.75, 3.05) is 5.32 Å². The molecule has 6 rings (SSSR count). The second-order valence-electron chi connectivity index (χ2n) is 14.0. The average molecular weight is 517 g/mol. The highest BCUT2D eigenvalue weighted by atomic mass is 32.1. The van der Waals surface area contributed by atoms with Crippen molar-refractivity contribution in [3.63, 3.8) is 0 Å². The highest BCUT2D eigenvalue weighted by Crippen LogP contribution is 2.68. The summed E-state index contributed by atoms with van der Waals surface area (Å²) >= 11 is 1.90. The first-order valence-electron chi connectivity index (χ1n) is 15.3. The van der Waals surface area contributed by atoms with Gasteiger partial charge in [0.25, 0.3) is 0 Å². The number of nitrogens with zero attached hydrogens (tertiary/aromatic N) is 1. The molecule has 0 spiro atoms. The fraction of sp³-hybridized carbons (Fsp3) is 0.676. The van der Waals surface area contributed by atoms with E-state index in [-0.39, 0.29) is 0 Å². The number of thiazole rings is 1. The summed E-state index contributed by atoms with van der Waals surface area (Å²) in [5.74, 6) is 5.34. The predicted molar refractivity (Wildman–Crippen MR) is 159 cm³/mol. The van der Waals surface area contributed by atoms with E-state index in [9.17, 15) is 0 Å². The van der Waals surface area contributed by atoms with Crippen LogP contribution in [0.4, 0.5) is 10.8 Å². The summed E-state index contributed by atoms with van der Waals surface area (Å²) < 4.78 is 0. The van der Waals surface area contributed by atoms with Crippen LogP contribution in [0, 0.1) is 46.3 Å². The van der Waals surface area contributed by atoms with Gasteiger partial charge in [-0.05, 0) is 109 Å². The van der Waals surface area contributed by atoms with Gasteiger partial charge in [-0.3, -0.25) is 0 Å². The molecule has 0 bridgehead atoms. The number of benzene rings is 1. The van der Waals surface area contributed by atoms with Crippen LogP contribution in [0.3, 0.4) is 0 Å². The van der Waals surface area contributed by atoms with Crippen LogP contribution in [0.2, 0.25) is 0 Å². The third kappa shape index (κ3) is 4.42. The number of para-hydroxylation sites is 1. The molecule has 2 aromatic rings. The summed E-state index contributed by atoms with van der Waals surface area (Å²) in [5, 5.41) is 4.64. The van der Waals surface area contributed by atoms with Gasteiger partial charge in [-0.2, -0.15) is 0 Å². The lowest BCUT2D eigenvalue weighted by Gasteiger charge is -2.57. The molecule has 2 saturated carbocycles. The molecule has 1 aromatic heterocycles. The van der Waals surface area contributed by atoms with Crippen molar-refractivity contribution in [3.8, 4) is 0 Å². The van der Waals surface area contributed by atoms with Gasteiger partial charge in [0.1, 0.15) is 0 Å². The lowest BCUT2D eigenvalue weighted by molar-refractivity contribution is -0.0392. The Bertz CT molecular complexity index is 1130. The molecule has 0 saturated heterocycles. The number of rotatable bonds is 7. The zero-order valence-corrected chi connectivity index (χ0v) is 24.7. The Labute approximate surface area is 229 Å². The molecule has 7 atom stereocenters. The third-order valence-electron chi connectivity index (χ3n) is 11.5. The fourth-order valence-electron chi connectivity index (χ4n) is 9.60. The smallest absolute Gasteiger partial charge is 0.187 e. The zero-order valence-electron chi connectivity index (χ0n) is 23.9. The van der Waals surface area contributed by atoms with Crippen LogP contribution >= 0.6 is 11.3 Å². The summed E-state index contributed by atoms with van der Waals surface area (Å²) in [6.45, 7) is 12.7. The van der Waals surface area contributed by atoms with Gasteiger partial charge in [-0.1, -0.05) is 89.5 Å². The number of hydrogen-bond donors (Lipinski definition) is 1. The predicted octanol–water partition coefficient (Wildman–Crippen LogP) is 10.1. The minimum absolute atomic E-state index is 0.328. The second kappa shape index (κ2) is 9.85. The molecule has 0 radical (unpaired) electrons. The maximum Gasteiger partial charge on any atom is 0.187 e. The Morgan fingerprint density at radius 2 is 1.81 bits per heavy atom. The summed E-state index contributed by atoms with van der Waals surface area (Å²) in [5.41, 5.74) is 5.01. The van der Waals surface area contributed by atoms with Gasteiger partial charge in [0.05, 0.1) is 10.6 Å². The Hall–Kier alpha value is -1.61. The Balaban J connectivity index is 1.22. The molecule has 1 N–H and O–H groups in total. The number of fused-ring (bicyclic) bond motifs is 7. The van der Waals surface area contributed by atoms with E-state index < -0.39 is 0 Å². The molecule has 200 valence electrons. The van der Waals surface area contributed by atoms with Crippen LogP contribution in [0.25, 0.3) is 5.57 Å². The second-order valence-corrected chi connectivity index (χ2v) is 15.0. The van der Waals surface area contributed by atoms with E-state index >= 15 is 0 Å². The summed E-state index contributed by atoms with van der Waals surface area (Å²) in [7, 11) is 0. The first-order chi connectivity index (χ1) is 17.8. The molecule has 37 heavy (non-hydrogen) atoms. The van der Waals surface area contributed by atoms with Crippen LogP contribution in [-0.2, 0) is 6.42 Å². The van der Waals surface area contributed by atoms with E-state index in [1.807, 2.05) is 11.3 Å². The topological polar surface area (TPSA) is 24.9 Å². The van der Waals surface area contributed by atoms with Crippen LogP contribution in [0.15, 0.2) is 36.4 Å². The van der Waals surface area contributed by atoms with Gasteiger partial charge >= 0.3 is 0 Å². The highest BCUT2D eigenvalue weighted by molar-refractivity contribution is 7.16. The van der Waals surface area contributed by atoms with E-state index in [2.05, 4.69) is 76.3 Å². The number of anilines is 2. The number of hydrogen-bond acceptors (Lipinski definition) is 3. The van der Waals surface area contributed by atoms with Crippen LogP contribution < -0.4 is 5.32 Å². The minimum Gasteiger partial charge on any atom is -0.332 e. The first-order valence-corrected chi connectivity index (χ1v) is 16.1. The van der Waals surface area contributed by atoms with E-state index in [0.717, 1.165) is 52.7 Å². The quantitative estimate of drug-likeness (QED) is 0.396. The normalized spacial score (nSPS) is 35.2. The van der Waals surface area contributed by atoms with Crippen molar-refractivity contribution in [1.29, 1.82) is 0 Å². The van der Waals surface area contributed by atoms with Crippen molar-refractivity contribution < 1.29 is 0 Å². The highest BCUT2D eigenvalue weighted by Gasteiger charge is 2.59. The van der Waals surface area contributed by atoms with Crippen molar-refractivity contribution in [1.82, 2.24) is 4.98 Å². The molecule has 2 nitrogen and oxygen atoms in total. The van der Waals surface area contributed by atoms with E-state index in [0.29, 0.717) is 10.8 Å². The van der Waals surface area contributed by atoms with Gasteiger partial charge in [0.15, 0.2) is 5.13 Å². The maximum atomic E-state index is 5.07. The molecule has 4 aliphatic rings. The molecule has 0 aliphatic heterocycles. The zero-order chi connectivity index (χ0) is 25.8. The Kier molecular flexibility index (Phi) is 6.83. The molecule has 1 aromatic carbocycles. The van der Waals surface area contributed by atoms with Crippen LogP contribution in [-0.4, -0.2) is 4.98 Å². The molecule has 1 heterocycles. The number of aromatic nitrogens is 1. The standard InChI is InChI=1S/C34H48N2S/c1-22(2)10-9-11-23(3)26-16-17-27-25-14-15-29-31-30(36-32(37-31)35-24-12-7-6-8-13-24)19-21-34(29,5)28(25)18-20-33(26,27)4/h6-8,12-13,15,22-23,25-28H,9-11,14,16-21H2,1-5H3,(H,35,36)/t23?,25-,26?,27-,28-,33+,34+/m0/s1. The van der Waals surface area contributed by atoms with Crippen molar-refractivity contribution in [3.05, 3.63) is 47.0 Å². The molecular formula is C34H48N2S. The third-order valence-corrected chi connectivity index (χ3v) is 12.6. The van der Waals surface area contributed by atoms with E-state index in [1.165, 1.54) is 68.4 Å². The van der Waals surface area contributed by atoms with Gasteiger partial charge in [0.2, 0.25) is 0 Å². The lowest BCUT2D eigenvalue weighted by atomic mass is 9.47. The average Bonchev–Trinajstić information content (AvgIpc) is 3.44. The van der Waals surface area contributed by atoms with Gasteiger partial charge in [0, 0.05) is 5.69 Å². The first kappa shape index (κ1) is 25.7. The van der Waals surface area contributed by atoms with Crippen molar-refractivity contribution in [2.45, 2.75) is 98.8 Å². The van der Waals surface area contributed by atoms with E-state index in [4.69, 9.17) is 4.98 Å². The maximum absolute atomic E-state index is 5.07. The SMILES string of the molecule is CC(C)CCCC(C)C1CC[C@H]2[C@@H]3CC=C4c5sc(Nc6ccccc6)nc5CC[C@]4(C)[C@H]3CC[C@]12C. The molecule has 3 heteroatoms. The minimum atomic E-state index is 0.328. The lowest BCUT2D eigenvalue weighted by Crippen LogP contribution is -2.49. The molecule has 2 fully saturated rings. The van der Waals surface area contributed by atoms with Gasteiger partial charge in [-0.15, -0.1) is 0 Å². The monoisotopic (exact) mass is 516 g/mol. The van der Waals surface area contributed by atoms with E-state index in [1.54, 1.807) is 5.57 Å². The molecule has 2 unspecified atom stereocenters. The number of allylic oxidation sites excluding steroid dienone is 2. The summed E-state index contributed by atoms with van der Waals surface area (Å²) in [4.78, 5) is 6.56. The Morgan fingerprint density at radius 3 is 2.59 bits per heavy atom. The Morgan fingerprint density at radius 1 is 1.00 bits per heavy atom. The fourth-order valence-corrected chi connectivity index (χ4v) is 10.8. The molecule has 0 amide bonds.